The first kappa shape index (κ1) is 13.7. The summed E-state index contributed by atoms with van der Waals surface area (Å²) in [6, 6.07) is 8.99. The van der Waals surface area contributed by atoms with Gasteiger partial charge in [-0.3, -0.25) is 0 Å². The number of rotatable bonds is 4. The molecule has 2 aromatic rings. The Morgan fingerprint density at radius 1 is 1.24 bits per heavy atom. The van der Waals surface area contributed by atoms with Crippen molar-refractivity contribution in [1.29, 1.82) is 0 Å². The lowest BCUT2D eigenvalue weighted by molar-refractivity contribution is 0.0435. The molecule has 1 aliphatic carbocycles. The number of anilines is 1. The third-order valence-corrected chi connectivity index (χ3v) is 3.88. The average molecular weight is 285 g/mol. The van der Waals surface area contributed by atoms with Crippen molar-refractivity contribution < 1.29 is 9.53 Å². The molecule has 0 aliphatic heterocycles. The second kappa shape index (κ2) is 5.99. The van der Waals surface area contributed by atoms with E-state index in [1.807, 2.05) is 12.1 Å². The number of ether oxygens (including phenoxy) is 1. The molecule has 1 aliphatic rings. The van der Waals surface area contributed by atoms with Gasteiger partial charge in [0, 0.05) is 11.9 Å². The molecule has 5 nitrogen and oxygen atoms in total. The second-order valence-corrected chi connectivity index (χ2v) is 5.49. The molecule has 0 radical (unpaired) electrons. The van der Waals surface area contributed by atoms with Crippen molar-refractivity contribution in [3.63, 3.8) is 0 Å². The van der Waals surface area contributed by atoms with Crippen molar-refractivity contribution in [2.75, 3.05) is 12.3 Å². The van der Waals surface area contributed by atoms with Gasteiger partial charge in [-0.25, -0.2) is 9.48 Å². The van der Waals surface area contributed by atoms with Crippen molar-refractivity contribution in [3.8, 4) is 5.69 Å². The minimum atomic E-state index is -0.351. The van der Waals surface area contributed by atoms with E-state index in [0.29, 0.717) is 23.9 Å². The number of nitrogen functional groups attached to an aromatic ring is 1. The topological polar surface area (TPSA) is 70.1 Å². The molecule has 1 fully saturated rings. The number of carbonyl (C=O) groups excluding carboxylic acids is 1. The number of nitrogens with two attached hydrogens (primary N) is 1. The maximum absolute atomic E-state index is 12.0. The van der Waals surface area contributed by atoms with Crippen LogP contribution in [-0.4, -0.2) is 22.4 Å². The molecule has 0 saturated heterocycles. The first-order chi connectivity index (χ1) is 10.2. The highest BCUT2D eigenvalue weighted by Crippen LogP contribution is 2.25. The summed E-state index contributed by atoms with van der Waals surface area (Å²) in [5, 5.41) is 4.26. The van der Waals surface area contributed by atoms with Crippen LogP contribution in [0.1, 0.15) is 36.2 Å². The predicted molar refractivity (Wildman–Crippen MR) is 80.2 cm³/mol. The van der Waals surface area contributed by atoms with Gasteiger partial charge in [-0.15, -0.1) is 0 Å². The van der Waals surface area contributed by atoms with Gasteiger partial charge < -0.3 is 10.5 Å². The van der Waals surface area contributed by atoms with E-state index in [2.05, 4.69) is 5.10 Å². The first-order valence-electron chi connectivity index (χ1n) is 7.31. The quantitative estimate of drug-likeness (QED) is 0.692. The fourth-order valence-corrected chi connectivity index (χ4v) is 2.65. The van der Waals surface area contributed by atoms with Gasteiger partial charge in [-0.05, 0) is 49.1 Å². The lowest BCUT2D eigenvalue weighted by Crippen LogP contribution is -2.13. The van der Waals surface area contributed by atoms with Gasteiger partial charge in [-0.1, -0.05) is 12.8 Å². The SMILES string of the molecule is Nc1ccc(-n2ccc(C(=O)OCC3CCCC3)n2)cc1. The van der Waals surface area contributed by atoms with Crippen molar-refractivity contribution in [1.82, 2.24) is 9.78 Å². The van der Waals surface area contributed by atoms with Crippen LogP contribution < -0.4 is 5.73 Å². The van der Waals surface area contributed by atoms with E-state index in [1.54, 1.807) is 29.1 Å². The maximum atomic E-state index is 12.0. The minimum absolute atomic E-state index is 0.338. The summed E-state index contributed by atoms with van der Waals surface area (Å²) in [4.78, 5) is 12.0. The summed E-state index contributed by atoms with van der Waals surface area (Å²) in [5.74, 6) is 0.171. The van der Waals surface area contributed by atoms with E-state index in [-0.39, 0.29) is 5.97 Å². The van der Waals surface area contributed by atoms with E-state index < -0.39 is 0 Å². The van der Waals surface area contributed by atoms with E-state index >= 15 is 0 Å². The van der Waals surface area contributed by atoms with Gasteiger partial charge in [-0.2, -0.15) is 5.10 Å². The van der Waals surface area contributed by atoms with E-state index in [4.69, 9.17) is 10.5 Å². The van der Waals surface area contributed by atoms with Gasteiger partial charge >= 0.3 is 5.97 Å². The van der Waals surface area contributed by atoms with Gasteiger partial charge in [0.1, 0.15) is 0 Å². The molecule has 5 heteroatoms. The fourth-order valence-electron chi connectivity index (χ4n) is 2.65. The summed E-state index contributed by atoms with van der Waals surface area (Å²) < 4.78 is 6.99. The zero-order valence-corrected chi connectivity index (χ0v) is 11.9. The predicted octanol–water partition coefficient (Wildman–Crippen LogP) is 2.80. The van der Waals surface area contributed by atoms with E-state index in [9.17, 15) is 4.79 Å². The lowest BCUT2D eigenvalue weighted by atomic mass is 10.1. The van der Waals surface area contributed by atoms with E-state index in [1.165, 1.54) is 12.8 Å². The third-order valence-electron chi connectivity index (χ3n) is 3.88. The van der Waals surface area contributed by atoms with Crippen LogP contribution in [0.25, 0.3) is 5.69 Å². The van der Waals surface area contributed by atoms with Crippen LogP contribution in [-0.2, 0) is 4.74 Å². The van der Waals surface area contributed by atoms with Crippen LogP contribution in [0.4, 0.5) is 5.69 Å². The molecule has 3 rings (SSSR count). The number of esters is 1. The lowest BCUT2D eigenvalue weighted by Gasteiger charge is -2.08. The Balaban J connectivity index is 1.63. The van der Waals surface area contributed by atoms with Crippen LogP contribution in [0.5, 0.6) is 0 Å². The van der Waals surface area contributed by atoms with E-state index in [0.717, 1.165) is 18.5 Å². The first-order valence-corrected chi connectivity index (χ1v) is 7.31. The van der Waals surface area contributed by atoms with Crippen molar-refractivity contribution in [3.05, 3.63) is 42.2 Å². The molecule has 1 saturated carbocycles. The van der Waals surface area contributed by atoms with Crippen LogP contribution in [0, 0.1) is 5.92 Å². The highest BCUT2D eigenvalue weighted by Gasteiger charge is 2.18. The summed E-state index contributed by atoms with van der Waals surface area (Å²) in [5.41, 5.74) is 7.55. The van der Waals surface area contributed by atoms with Crippen LogP contribution >= 0.6 is 0 Å². The molecule has 2 N–H and O–H groups in total. The number of hydrogen-bond donors (Lipinski definition) is 1. The van der Waals surface area contributed by atoms with Crippen molar-refractivity contribution >= 4 is 11.7 Å². The summed E-state index contributed by atoms with van der Waals surface area (Å²) in [6.45, 7) is 0.508. The number of benzene rings is 1. The Kier molecular flexibility index (Phi) is 3.90. The summed E-state index contributed by atoms with van der Waals surface area (Å²) in [7, 11) is 0. The normalized spacial score (nSPS) is 15.2. The van der Waals surface area contributed by atoms with Crippen LogP contribution in [0.2, 0.25) is 0 Å². The number of hydrogen-bond acceptors (Lipinski definition) is 4. The monoisotopic (exact) mass is 285 g/mol. The summed E-state index contributed by atoms with van der Waals surface area (Å²) >= 11 is 0. The summed E-state index contributed by atoms with van der Waals surface area (Å²) in [6.07, 6.45) is 6.56. The smallest absolute Gasteiger partial charge is 0.358 e. The highest BCUT2D eigenvalue weighted by molar-refractivity contribution is 5.87. The molecular weight excluding hydrogens is 266 g/mol. The molecular formula is C16H19N3O2. The molecule has 110 valence electrons. The number of aromatic nitrogens is 2. The Bertz CT molecular complexity index is 613. The van der Waals surface area contributed by atoms with Gasteiger partial charge in [0.15, 0.2) is 5.69 Å². The molecule has 21 heavy (non-hydrogen) atoms. The van der Waals surface area contributed by atoms with Gasteiger partial charge in [0.25, 0.3) is 0 Å². The molecule has 0 unspecified atom stereocenters. The third kappa shape index (κ3) is 3.24. The Morgan fingerprint density at radius 3 is 2.67 bits per heavy atom. The standard InChI is InChI=1S/C16H19N3O2/c17-13-5-7-14(8-6-13)19-10-9-15(18-19)16(20)21-11-12-3-1-2-4-12/h5-10,12H,1-4,11,17H2. The molecule has 0 spiro atoms. The molecule has 0 atom stereocenters. The number of nitrogens with zero attached hydrogens (tertiary/aromatic N) is 2. The Morgan fingerprint density at radius 2 is 1.95 bits per heavy atom. The second-order valence-electron chi connectivity index (χ2n) is 5.49. The Labute approximate surface area is 123 Å². The molecule has 1 aromatic carbocycles. The largest absolute Gasteiger partial charge is 0.461 e. The minimum Gasteiger partial charge on any atom is -0.461 e. The van der Waals surface area contributed by atoms with Crippen LogP contribution in [0.15, 0.2) is 36.5 Å². The fraction of sp³-hybridized carbons (Fsp3) is 0.375. The molecule has 1 heterocycles. The zero-order chi connectivity index (χ0) is 14.7. The number of carbonyl (C=O) groups is 1. The molecule has 0 amide bonds. The van der Waals surface area contributed by atoms with Crippen molar-refractivity contribution in [2.24, 2.45) is 5.92 Å². The van der Waals surface area contributed by atoms with Gasteiger partial charge in [0.05, 0.1) is 12.3 Å². The molecule has 1 aromatic heterocycles. The maximum Gasteiger partial charge on any atom is 0.358 e. The molecule has 0 bridgehead atoms. The van der Waals surface area contributed by atoms with Crippen LogP contribution in [0.3, 0.4) is 0 Å². The zero-order valence-electron chi connectivity index (χ0n) is 11.9. The average Bonchev–Trinajstić information content (AvgIpc) is 3.17. The van der Waals surface area contributed by atoms with Gasteiger partial charge in [0.2, 0.25) is 0 Å². The Hall–Kier alpha value is -2.30. The highest BCUT2D eigenvalue weighted by atomic mass is 16.5. The van der Waals surface area contributed by atoms with Crippen molar-refractivity contribution in [2.45, 2.75) is 25.7 Å².